The molecule has 2 amide bonds. The molecule has 31 heavy (non-hydrogen) atoms. The Bertz CT molecular complexity index is 1020. The zero-order valence-electron chi connectivity index (χ0n) is 15.9. The number of anilines is 2. The number of benzene rings is 2. The lowest BCUT2D eigenvalue weighted by Crippen LogP contribution is -2.27. The van der Waals surface area contributed by atoms with E-state index < -0.39 is 22.3 Å². The summed E-state index contributed by atoms with van der Waals surface area (Å²) < 4.78 is 4.09. The summed E-state index contributed by atoms with van der Waals surface area (Å²) in [5, 5.41) is 6.73. The van der Waals surface area contributed by atoms with Crippen molar-refractivity contribution in [3.8, 4) is 0 Å². The predicted molar refractivity (Wildman–Crippen MR) is 125 cm³/mol. The molecular formula is C21H17Cl5N2O3. The summed E-state index contributed by atoms with van der Waals surface area (Å²) in [7, 11) is 0. The van der Waals surface area contributed by atoms with E-state index in [-0.39, 0.29) is 11.8 Å². The standard InChI is InChI=1S/C21H17Cl5N2O3/c22-11-6-10(7-12(23)8-11)17-18(21(17,25)26)20(30)27-13-3-4-14(24)15(9-13)28-19(29)16-2-1-5-31-16/h3-4,6-9,16-18H,1-2,5H2,(H,27,30)(H,28,29). The lowest BCUT2D eigenvalue weighted by Gasteiger charge is -2.13. The van der Waals surface area contributed by atoms with Gasteiger partial charge in [0.15, 0.2) is 0 Å². The average molecular weight is 523 g/mol. The fourth-order valence-corrected chi connectivity index (χ4v) is 5.27. The summed E-state index contributed by atoms with van der Waals surface area (Å²) in [4.78, 5) is 25.2. The van der Waals surface area contributed by atoms with Crippen LogP contribution in [-0.2, 0) is 14.3 Å². The molecule has 2 aromatic carbocycles. The van der Waals surface area contributed by atoms with Crippen LogP contribution in [0.2, 0.25) is 15.1 Å². The lowest BCUT2D eigenvalue weighted by atomic mass is 10.1. The molecule has 0 spiro atoms. The molecule has 0 aromatic heterocycles. The van der Waals surface area contributed by atoms with Gasteiger partial charge >= 0.3 is 0 Å². The first kappa shape index (κ1) is 23.0. The molecule has 2 N–H and O–H groups in total. The van der Waals surface area contributed by atoms with Gasteiger partial charge in [-0.15, -0.1) is 23.2 Å². The first-order chi connectivity index (χ1) is 14.7. The number of hydrogen-bond donors (Lipinski definition) is 2. The zero-order chi connectivity index (χ0) is 22.3. The van der Waals surface area contributed by atoms with Crippen LogP contribution in [0.3, 0.4) is 0 Å². The molecule has 3 unspecified atom stereocenters. The molecule has 5 nitrogen and oxygen atoms in total. The lowest BCUT2D eigenvalue weighted by molar-refractivity contribution is -0.124. The highest BCUT2D eigenvalue weighted by molar-refractivity contribution is 6.53. The zero-order valence-corrected chi connectivity index (χ0v) is 19.7. The summed E-state index contributed by atoms with van der Waals surface area (Å²) in [6, 6.07) is 9.74. The Labute approximate surface area is 204 Å². The second kappa shape index (κ2) is 8.97. The van der Waals surface area contributed by atoms with Crippen molar-refractivity contribution in [3.63, 3.8) is 0 Å². The maximum Gasteiger partial charge on any atom is 0.253 e. The van der Waals surface area contributed by atoms with Gasteiger partial charge in [0, 0.05) is 28.3 Å². The second-order valence-electron chi connectivity index (χ2n) is 7.51. The second-order valence-corrected chi connectivity index (χ2v) is 10.2. The third-order valence-electron chi connectivity index (χ3n) is 5.29. The molecule has 1 saturated carbocycles. The molecule has 0 radical (unpaired) electrons. The monoisotopic (exact) mass is 520 g/mol. The highest BCUT2D eigenvalue weighted by Crippen LogP contribution is 2.65. The summed E-state index contributed by atoms with van der Waals surface area (Å²) in [5.41, 5.74) is 1.50. The van der Waals surface area contributed by atoms with Gasteiger partial charge in [-0.25, -0.2) is 0 Å². The minimum atomic E-state index is -1.29. The minimum absolute atomic E-state index is 0.275. The van der Waals surface area contributed by atoms with Gasteiger partial charge in [-0.3, -0.25) is 9.59 Å². The van der Waals surface area contributed by atoms with Gasteiger partial charge in [-0.2, -0.15) is 0 Å². The Balaban J connectivity index is 1.47. The van der Waals surface area contributed by atoms with E-state index >= 15 is 0 Å². The van der Waals surface area contributed by atoms with Crippen molar-refractivity contribution in [2.45, 2.75) is 29.2 Å². The van der Waals surface area contributed by atoms with Crippen molar-refractivity contribution in [2.75, 3.05) is 17.2 Å². The van der Waals surface area contributed by atoms with Crippen LogP contribution < -0.4 is 10.6 Å². The van der Waals surface area contributed by atoms with E-state index in [1.807, 2.05) is 0 Å². The summed E-state index contributed by atoms with van der Waals surface area (Å²) in [5.74, 6) is -1.81. The number of nitrogens with one attached hydrogen (secondary N) is 2. The van der Waals surface area contributed by atoms with Crippen LogP contribution in [0.1, 0.15) is 24.3 Å². The van der Waals surface area contributed by atoms with Gasteiger partial charge in [0.1, 0.15) is 10.4 Å². The van der Waals surface area contributed by atoms with E-state index in [4.69, 9.17) is 62.7 Å². The highest BCUT2D eigenvalue weighted by atomic mass is 35.5. The summed E-state index contributed by atoms with van der Waals surface area (Å²) >= 11 is 31.1. The van der Waals surface area contributed by atoms with Crippen molar-refractivity contribution < 1.29 is 14.3 Å². The van der Waals surface area contributed by atoms with Crippen LogP contribution in [0.15, 0.2) is 36.4 Å². The first-order valence-corrected chi connectivity index (χ1v) is 11.4. The molecule has 1 aliphatic heterocycles. The van der Waals surface area contributed by atoms with Crippen LogP contribution in [-0.4, -0.2) is 28.9 Å². The fraction of sp³-hybridized carbons (Fsp3) is 0.333. The number of alkyl halides is 2. The van der Waals surface area contributed by atoms with Gasteiger partial charge in [0.05, 0.1) is 16.6 Å². The van der Waals surface area contributed by atoms with Crippen molar-refractivity contribution >= 4 is 81.2 Å². The number of halogens is 5. The molecule has 164 valence electrons. The molecule has 2 aliphatic rings. The third kappa shape index (κ3) is 4.92. The summed E-state index contributed by atoms with van der Waals surface area (Å²) in [6.45, 7) is 0.556. The van der Waals surface area contributed by atoms with Gasteiger partial charge < -0.3 is 15.4 Å². The van der Waals surface area contributed by atoms with Crippen molar-refractivity contribution in [2.24, 2.45) is 5.92 Å². The maximum atomic E-state index is 12.9. The minimum Gasteiger partial charge on any atom is -0.368 e. The quantitative estimate of drug-likeness (QED) is 0.454. The van der Waals surface area contributed by atoms with E-state index in [1.54, 1.807) is 36.4 Å². The number of amides is 2. The molecule has 10 heteroatoms. The molecule has 3 atom stereocenters. The van der Waals surface area contributed by atoms with Gasteiger partial charge in [-0.05, 0) is 54.8 Å². The molecule has 1 saturated heterocycles. The largest absolute Gasteiger partial charge is 0.368 e. The van der Waals surface area contributed by atoms with Crippen LogP contribution in [0, 0.1) is 5.92 Å². The third-order valence-corrected chi connectivity index (χ3v) is 7.00. The van der Waals surface area contributed by atoms with Crippen molar-refractivity contribution in [1.29, 1.82) is 0 Å². The summed E-state index contributed by atoms with van der Waals surface area (Å²) in [6.07, 6.45) is 0.990. The Morgan fingerprint density at radius 3 is 2.32 bits per heavy atom. The molecule has 2 fully saturated rings. The van der Waals surface area contributed by atoms with Crippen LogP contribution in [0.5, 0.6) is 0 Å². The van der Waals surface area contributed by atoms with E-state index in [0.717, 1.165) is 6.42 Å². The Kier molecular flexibility index (Phi) is 6.64. The molecular weight excluding hydrogens is 506 g/mol. The smallest absolute Gasteiger partial charge is 0.253 e. The Morgan fingerprint density at radius 2 is 1.68 bits per heavy atom. The number of rotatable bonds is 5. The molecule has 1 heterocycles. The van der Waals surface area contributed by atoms with Crippen LogP contribution in [0.25, 0.3) is 0 Å². The van der Waals surface area contributed by atoms with Crippen LogP contribution >= 0.6 is 58.0 Å². The Hall–Kier alpha value is -1.21. The normalized spacial score (nSPS) is 24.0. The average Bonchev–Trinajstić information content (AvgIpc) is 3.04. The fourth-order valence-electron chi connectivity index (χ4n) is 3.74. The topological polar surface area (TPSA) is 67.4 Å². The Morgan fingerprint density at radius 1 is 0.968 bits per heavy atom. The molecule has 4 rings (SSSR count). The number of carbonyl (C=O) groups is 2. The van der Waals surface area contributed by atoms with Crippen molar-refractivity contribution in [1.82, 2.24) is 0 Å². The molecule has 2 aromatic rings. The van der Waals surface area contributed by atoms with Crippen molar-refractivity contribution in [3.05, 3.63) is 57.0 Å². The first-order valence-electron chi connectivity index (χ1n) is 9.53. The van der Waals surface area contributed by atoms with Gasteiger partial charge in [0.25, 0.3) is 5.91 Å². The number of ether oxygens (including phenoxy) is 1. The highest BCUT2D eigenvalue weighted by Gasteiger charge is 2.67. The van der Waals surface area contributed by atoms with Gasteiger partial charge in [0.2, 0.25) is 5.91 Å². The number of hydrogen-bond acceptors (Lipinski definition) is 3. The molecule has 0 bridgehead atoms. The van der Waals surface area contributed by atoms with E-state index in [0.29, 0.717) is 45.0 Å². The van der Waals surface area contributed by atoms with E-state index in [1.165, 1.54) is 0 Å². The maximum absolute atomic E-state index is 12.9. The van der Waals surface area contributed by atoms with Crippen LogP contribution in [0.4, 0.5) is 11.4 Å². The predicted octanol–water partition coefficient (Wildman–Crippen LogP) is 6.29. The molecule has 1 aliphatic carbocycles. The van der Waals surface area contributed by atoms with E-state index in [2.05, 4.69) is 10.6 Å². The van der Waals surface area contributed by atoms with E-state index in [9.17, 15) is 9.59 Å². The van der Waals surface area contributed by atoms with Gasteiger partial charge in [-0.1, -0.05) is 34.8 Å². The number of carbonyl (C=O) groups excluding carboxylic acids is 2. The SMILES string of the molecule is O=C(Nc1cc(NC(=O)C2C(c3cc(Cl)cc(Cl)c3)C2(Cl)Cl)ccc1Cl)C1CCCO1.